The number of hydrogen-bond donors (Lipinski definition) is 3. The molecule has 0 spiro atoms. The summed E-state index contributed by atoms with van der Waals surface area (Å²) in [5.41, 5.74) is 18.6. The van der Waals surface area contributed by atoms with Gasteiger partial charge in [-0.3, -0.25) is 4.57 Å². The van der Waals surface area contributed by atoms with Gasteiger partial charge in [-0.15, -0.1) is 0 Å². The van der Waals surface area contributed by atoms with E-state index in [-0.39, 0.29) is 40.0 Å². The molecule has 0 bridgehead atoms. The number of rotatable bonds is 3. The zero-order valence-electron chi connectivity index (χ0n) is 56.1. The lowest BCUT2D eigenvalue weighted by Gasteiger charge is -2.57. The molecule has 10 nitrogen and oxygen atoms in total. The standard InChI is InChI=1S/C27H34N2O.C26H31ClN2O.C26H32N2O.C2H3N/c1-17-4-8-23-24(14-17)29(16-28-23)25-9-7-21-20-6-5-18-15-19(30)10-12-26(18,2)22(20)11-13-27(21,25)3;1-25-13-11-17(30)15-16(25)7-8-18-19-9-10-23(26(19,2)14-12-20(18)25)29-22-6-4-3-5-21(22)28-24(29)27;1-25-13-11-18(29)15-17(25)7-8-19-20-9-10-24(26(20,2)14-12-21(19)25)28-16-27-22-5-3-4-6-23(22)28;1-3-2/h4-5,8-9,14,16,19-22,30H,6-7,10-13,15H2,1-3H3;3-7,10,17-20,30H,8-9,11-15H2,1-2H3;3-7,10,16,18-21,29H,8-9,11-15H2,1-2H3;1H3/t19-,20?,21?,22?,26-,27-;17-,18?,19?,20?,25-,26-;18-,19?,20?,21?,25-,26-;/m000./s1. The van der Waals surface area contributed by atoms with E-state index >= 15 is 0 Å². The minimum absolute atomic E-state index is 0.117. The maximum Gasteiger partial charge on any atom is 0.208 e. The number of fused-ring (bicyclic) bond motifs is 18. The number of allylic oxidation sites excluding steroid dienone is 9. The summed E-state index contributed by atoms with van der Waals surface area (Å²) in [4.78, 5) is 16.8. The Bertz CT molecular complexity index is 4110. The zero-order chi connectivity index (χ0) is 63.9. The van der Waals surface area contributed by atoms with Gasteiger partial charge in [-0.05, 0) is 265 Å². The zero-order valence-corrected chi connectivity index (χ0v) is 56.9. The molecule has 3 aromatic carbocycles. The Labute approximate surface area is 552 Å². The van der Waals surface area contributed by atoms with Gasteiger partial charge in [-0.25, -0.2) is 21.5 Å². The van der Waals surface area contributed by atoms with Crippen molar-refractivity contribution in [1.29, 1.82) is 0 Å². The Morgan fingerprint density at radius 1 is 0.457 bits per heavy atom. The lowest BCUT2D eigenvalue weighted by molar-refractivity contribution is -0.0249. The van der Waals surface area contributed by atoms with Crippen molar-refractivity contribution >= 4 is 61.8 Å². The molecule has 3 aromatic heterocycles. The Hall–Kier alpha value is -5.83. The number of aliphatic hydroxyl groups excluding tert-OH is 3. The molecule has 0 aliphatic heterocycles. The average molecular weight is 1260 g/mol. The third kappa shape index (κ3) is 9.69. The fraction of sp³-hybridized carbons (Fsp3) is 0.580. The molecule has 0 radical (unpaired) electrons. The molecule has 12 aliphatic carbocycles. The summed E-state index contributed by atoms with van der Waals surface area (Å²) in [6.07, 6.45) is 42.6. The first kappa shape index (κ1) is 62.3. The smallest absolute Gasteiger partial charge is 0.208 e. The number of hydrogen-bond acceptors (Lipinski definition) is 6. The van der Waals surface area contributed by atoms with Crippen LogP contribution in [-0.4, -0.2) is 69.3 Å². The largest absolute Gasteiger partial charge is 0.393 e. The van der Waals surface area contributed by atoms with Gasteiger partial charge < -0.3 is 29.3 Å². The van der Waals surface area contributed by atoms with E-state index in [2.05, 4.69) is 180 Å². The van der Waals surface area contributed by atoms with Gasteiger partial charge in [0.05, 0.1) is 51.4 Å². The molecule has 0 saturated heterocycles. The van der Waals surface area contributed by atoms with Crippen molar-refractivity contribution in [3.63, 3.8) is 0 Å². The second-order valence-corrected chi connectivity index (χ2v) is 32.8. The number of halogens is 1. The van der Waals surface area contributed by atoms with Crippen LogP contribution in [0.2, 0.25) is 5.28 Å². The number of aromatic nitrogens is 6. The fourth-order valence-corrected chi connectivity index (χ4v) is 23.6. The minimum atomic E-state index is -0.133. The topological polar surface area (TPSA) is 119 Å². The molecule has 12 aliphatic rings. The summed E-state index contributed by atoms with van der Waals surface area (Å²) >= 11 is 6.68. The Morgan fingerprint density at radius 3 is 1.30 bits per heavy atom. The molecule has 18 rings (SSSR count). The lowest BCUT2D eigenvalue weighted by atomic mass is 9.48. The van der Waals surface area contributed by atoms with E-state index in [1.54, 1.807) is 16.7 Å². The van der Waals surface area contributed by atoms with Crippen molar-refractivity contribution in [2.45, 2.75) is 202 Å². The Morgan fingerprint density at radius 2 is 0.837 bits per heavy atom. The van der Waals surface area contributed by atoms with Crippen LogP contribution < -0.4 is 0 Å². The van der Waals surface area contributed by atoms with Gasteiger partial charge in [0.1, 0.15) is 12.7 Å². The van der Waals surface area contributed by atoms with E-state index in [0.29, 0.717) is 22.0 Å². The molecule has 11 heteroatoms. The van der Waals surface area contributed by atoms with Gasteiger partial charge in [0.2, 0.25) is 12.3 Å². The molecule has 3 heterocycles. The van der Waals surface area contributed by atoms with Gasteiger partial charge in [-0.2, -0.15) is 0 Å². The summed E-state index contributed by atoms with van der Waals surface area (Å²) in [5.74, 6) is 6.64. The van der Waals surface area contributed by atoms with E-state index in [4.69, 9.17) is 23.2 Å². The summed E-state index contributed by atoms with van der Waals surface area (Å²) in [5, 5.41) is 31.3. The van der Waals surface area contributed by atoms with Crippen LogP contribution in [0.15, 0.2) is 133 Å². The first-order valence-corrected chi connectivity index (χ1v) is 36.1. The van der Waals surface area contributed by atoms with Crippen molar-refractivity contribution in [1.82, 2.24) is 28.7 Å². The predicted molar refractivity (Wildman–Crippen MR) is 374 cm³/mol. The molecular formula is C81H100ClN7O3. The Kier molecular flexibility index (Phi) is 15.7. The van der Waals surface area contributed by atoms with Gasteiger partial charge in [-0.1, -0.05) is 125 Å². The summed E-state index contributed by atoms with van der Waals surface area (Å²) in [6.45, 7) is 23.0. The van der Waals surface area contributed by atoms with E-state index in [9.17, 15) is 15.3 Å². The maximum atomic E-state index is 10.2. The molecule has 6 aromatic rings. The van der Waals surface area contributed by atoms with Crippen LogP contribution in [0.4, 0.5) is 0 Å². The lowest BCUT2D eigenvalue weighted by Crippen LogP contribution is -2.50. The van der Waals surface area contributed by atoms with E-state index < -0.39 is 0 Å². The molecule has 3 N–H and O–H groups in total. The third-order valence-corrected chi connectivity index (χ3v) is 28.5. The highest BCUT2D eigenvalue weighted by Crippen LogP contribution is 2.69. The van der Waals surface area contributed by atoms with E-state index in [0.717, 1.165) is 134 Å². The van der Waals surface area contributed by atoms with Crippen LogP contribution >= 0.6 is 11.6 Å². The number of benzene rings is 3. The van der Waals surface area contributed by atoms with Crippen molar-refractivity contribution in [3.8, 4) is 0 Å². The highest BCUT2D eigenvalue weighted by molar-refractivity contribution is 6.29. The predicted octanol–water partition coefficient (Wildman–Crippen LogP) is 18.9. The monoisotopic (exact) mass is 1250 g/mol. The van der Waals surface area contributed by atoms with Crippen molar-refractivity contribution in [2.24, 2.45) is 85.8 Å². The molecular weight excluding hydrogens is 1150 g/mol. The van der Waals surface area contributed by atoms with Crippen LogP contribution in [0.25, 0.3) is 55.0 Å². The molecule has 484 valence electrons. The van der Waals surface area contributed by atoms with Crippen LogP contribution in [0.1, 0.15) is 182 Å². The highest BCUT2D eigenvalue weighted by Gasteiger charge is 2.61. The second kappa shape index (κ2) is 23.2. The summed E-state index contributed by atoms with van der Waals surface area (Å²) in [7, 11) is 1.42. The highest BCUT2D eigenvalue weighted by atomic mass is 35.5. The number of nitrogens with zero attached hydrogens (tertiary/aromatic N) is 7. The van der Waals surface area contributed by atoms with Crippen LogP contribution in [0.5, 0.6) is 0 Å². The number of para-hydroxylation sites is 4. The van der Waals surface area contributed by atoms with Gasteiger partial charge in [0.25, 0.3) is 0 Å². The van der Waals surface area contributed by atoms with E-state index in [1.165, 1.54) is 111 Å². The first-order valence-electron chi connectivity index (χ1n) is 35.7. The average Bonchev–Trinajstić information content (AvgIpc) is 1.39. The molecule has 6 fully saturated rings. The van der Waals surface area contributed by atoms with Crippen molar-refractivity contribution in [3.05, 3.63) is 155 Å². The third-order valence-electron chi connectivity index (χ3n) is 28.3. The number of imidazole rings is 3. The van der Waals surface area contributed by atoms with E-state index in [1.807, 2.05) is 12.4 Å². The van der Waals surface area contributed by atoms with Gasteiger partial charge >= 0.3 is 0 Å². The first-order chi connectivity index (χ1) is 44.2. The normalized spacial score (nSPS) is 39.5. The molecule has 9 unspecified atom stereocenters. The molecule has 92 heavy (non-hydrogen) atoms. The van der Waals surface area contributed by atoms with Crippen LogP contribution in [-0.2, 0) is 0 Å². The molecule has 6 saturated carbocycles. The summed E-state index contributed by atoms with van der Waals surface area (Å²) in [6, 6.07) is 23.4. The van der Waals surface area contributed by atoms with Gasteiger partial charge in [0, 0.05) is 33.3 Å². The summed E-state index contributed by atoms with van der Waals surface area (Å²) < 4.78 is 6.99. The minimum Gasteiger partial charge on any atom is -0.393 e. The maximum absolute atomic E-state index is 10.2. The quantitative estimate of drug-likeness (QED) is 0.120. The van der Waals surface area contributed by atoms with Gasteiger partial charge in [0.15, 0.2) is 0 Å². The second-order valence-electron chi connectivity index (χ2n) is 32.5. The van der Waals surface area contributed by atoms with Crippen molar-refractivity contribution in [2.75, 3.05) is 7.05 Å². The Balaban J connectivity index is 0.000000112. The van der Waals surface area contributed by atoms with Crippen molar-refractivity contribution < 1.29 is 15.3 Å². The SMILES string of the molecule is C[C@]12CC[C@H](O)CC1=CCC1C2CC[C@]2(C)C(n3c(Cl)nc4ccccc43)=CCC12.C[C@]12CC[C@H](O)CC1=CCC1C2CC[C@]2(C)C(n3cnc4ccccc43)=CCC12.Cc1ccc2ncn(C3=CCC4C5CC=C6C[C@@H](O)CC[C@]6(C)C5CC[C@]34C)c2c1.[C-]#[N+]C. The number of aryl methyl sites for hydroxylation is 1. The van der Waals surface area contributed by atoms with Crippen LogP contribution in [0.3, 0.4) is 0 Å². The fourth-order valence-electron chi connectivity index (χ4n) is 23.3. The van der Waals surface area contributed by atoms with Crippen LogP contribution in [0, 0.1) is 99.2 Å². The molecule has 0 amide bonds. The molecule has 18 atom stereocenters. The number of aliphatic hydroxyl groups is 3.